The third kappa shape index (κ3) is 3.49. The van der Waals surface area contributed by atoms with Crippen LogP contribution in [-0.4, -0.2) is 32.2 Å². The summed E-state index contributed by atoms with van der Waals surface area (Å²) < 4.78 is 0. The second kappa shape index (κ2) is 6.37. The molecule has 8 nitrogen and oxygen atoms in total. The number of carbonyl (C=O) groups excluding carboxylic acids is 2. The lowest BCUT2D eigenvalue weighted by Crippen LogP contribution is -2.15. The summed E-state index contributed by atoms with van der Waals surface area (Å²) in [6, 6.07) is 9.86. The van der Waals surface area contributed by atoms with Gasteiger partial charge in [-0.05, 0) is 32.0 Å². The van der Waals surface area contributed by atoms with E-state index >= 15 is 0 Å². The second-order valence-electron chi connectivity index (χ2n) is 5.36. The number of aromatic amines is 2. The van der Waals surface area contributed by atoms with E-state index in [1.807, 2.05) is 13.8 Å². The van der Waals surface area contributed by atoms with Crippen LogP contribution in [0.15, 0.2) is 36.4 Å². The smallest absolute Gasteiger partial charge is 0.256 e. The fraction of sp³-hybridized carbons (Fsp3) is 0.125. The molecule has 0 unspecified atom stereocenters. The number of H-pyrrole nitrogens is 2. The average molecular weight is 324 g/mol. The number of hydrogen-bond acceptors (Lipinski definition) is 4. The highest BCUT2D eigenvalue weighted by molar-refractivity contribution is 6.08. The first-order valence-corrected chi connectivity index (χ1v) is 7.28. The summed E-state index contributed by atoms with van der Waals surface area (Å²) in [4.78, 5) is 24.5. The van der Waals surface area contributed by atoms with Crippen LogP contribution in [0.1, 0.15) is 32.1 Å². The van der Waals surface area contributed by atoms with E-state index in [-0.39, 0.29) is 11.8 Å². The zero-order valence-corrected chi connectivity index (χ0v) is 13.2. The number of aryl methyl sites for hydroxylation is 2. The molecule has 0 saturated carbocycles. The summed E-state index contributed by atoms with van der Waals surface area (Å²) in [5, 5.41) is 18.7. The number of carbonyl (C=O) groups is 2. The van der Waals surface area contributed by atoms with Crippen LogP contribution in [0.4, 0.5) is 11.6 Å². The molecule has 0 aliphatic heterocycles. The number of nitrogens with one attached hydrogen (secondary N) is 4. The number of amides is 2. The topological polar surface area (TPSA) is 116 Å². The van der Waals surface area contributed by atoms with Crippen molar-refractivity contribution in [3.63, 3.8) is 0 Å². The van der Waals surface area contributed by atoms with Crippen LogP contribution in [0, 0.1) is 13.8 Å². The van der Waals surface area contributed by atoms with Gasteiger partial charge >= 0.3 is 0 Å². The fourth-order valence-corrected chi connectivity index (χ4v) is 2.14. The molecule has 0 fully saturated rings. The first kappa shape index (κ1) is 15.5. The monoisotopic (exact) mass is 324 g/mol. The molecule has 0 aliphatic rings. The van der Waals surface area contributed by atoms with E-state index in [4.69, 9.17) is 0 Å². The van der Waals surface area contributed by atoms with Crippen LogP contribution in [0.5, 0.6) is 0 Å². The molecular formula is C16H16N6O2. The molecule has 0 aliphatic carbocycles. The van der Waals surface area contributed by atoms with Crippen molar-refractivity contribution >= 4 is 23.5 Å². The molecular weight excluding hydrogens is 308 g/mol. The summed E-state index contributed by atoms with van der Waals surface area (Å²) >= 11 is 0. The Labute approximate surface area is 137 Å². The van der Waals surface area contributed by atoms with Crippen molar-refractivity contribution in [2.45, 2.75) is 13.8 Å². The van der Waals surface area contributed by atoms with E-state index in [1.54, 1.807) is 30.3 Å². The highest BCUT2D eigenvalue weighted by Crippen LogP contribution is 2.12. The van der Waals surface area contributed by atoms with Crippen LogP contribution in [0.2, 0.25) is 0 Å². The molecule has 3 aromatic rings. The average Bonchev–Trinajstić information content (AvgIpc) is 3.15. The summed E-state index contributed by atoms with van der Waals surface area (Å²) in [6.45, 7) is 3.68. The molecule has 2 heterocycles. The third-order valence-electron chi connectivity index (χ3n) is 3.28. The molecule has 4 N–H and O–H groups in total. The Balaban J connectivity index is 1.73. The Kier molecular flexibility index (Phi) is 4.11. The Morgan fingerprint density at radius 2 is 1.29 bits per heavy atom. The van der Waals surface area contributed by atoms with Crippen molar-refractivity contribution in [2.24, 2.45) is 0 Å². The van der Waals surface area contributed by atoms with Gasteiger partial charge in [-0.25, -0.2) is 0 Å². The molecule has 2 aromatic heterocycles. The Morgan fingerprint density at radius 3 is 1.67 bits per heavy atom. The largest absolute Gasteiger partial charge is 0.305 e. The molecule has 2 amide bonds. The Morgan fingerprint density at radius 1 is 0.833 bits per heavy atom. The zero-order chi connectivity index (χ0) is 17.1. The van der Waals surface area contributed by atoms with Gasteiger partial charge in [-0.2, -0.15) is 10.2 Å². The normalized spacial score (nSPS) is 10.4. The van der Waals surface area contributed by atoms with Gasteiger partial charge in [0.1, 0.15) is 0 Å². The number of hydrogen-bond donors (Lipinski definition) is 4. The van der Waals surface area contributed by atoms with Crippen molar-refractivity contribution < 1.29 is 9.59 Å². The van der Waals surface area contributed by atoms with E-state index in [0.717, 1.165) is 11.4 Å². The first-order chi connectivity index (χ1) is 11.5. The van der Waals surface area contributed by atoms with Crippen molar-refractivity contribution in [1.29, 1.82) is 0 Å². The molecule has 1 aromatic carbocycles. The van der Waals surface area contributed by atoms with Gasteiger partial charge in [0.2, 0.25) is 0 Å². The number of anilines is 2. The molecule has 24 heavy (non-hydrogen) atoms. The first-order valence-electron chi connectivity index (χ1n) is 7.28. The third-order valence-corrected chi connectivity index (χ3v) is 3.28. The van der Waals surface area contributed by atoms with Crippen LogP contribution in [0.25, 0.3) is 0 Å². The van der Waals surface area contributed by atoms with Gasteiger partial charge < -0.3 is 10.6 Å². The Hall–Kier alpha value is -3.42. The predicted octanol–water partition coefficient (Wildman–Crippen LogP) is 2.25. The van der Waals surface area contributed by atoms with E-state index in [0.29, 0.717) is 22.8 Å². The molecule has 0 saturated heterocycles. The van der Waals surface area contributed by atoms with Crippen LogP contribution in [0.3, 0.4) is 0 Å². The summed E-state index contributed by atoms with van der Waals surface area (Å²) in [7, 11) is 0. The summed E-state index contributed by atoms with van der Waals surface area (Å²) in [5.74, 6) is 0.178. The minimum absolute atomic E-state index is 0.341. The maximum absolute atomic E-state index is 12.2. The quantitative estimate of drug-likeness (QED) is 0.589. The van der Waals surface area contributed by atoms with Crippen LogP contribution < -0.4 is 10.6 Å². The van der Waals surface area contributed by atoms with Gasteiger partial charge in [0.25, 0.3) is 11.8 Å². The van der Waals surface area contributed by atoms with Gasteiger partial charge in [-0.1, -0.05) is 6.07 Å². The van der Waals surface area contributed by atoms with E-state index < -0.39 is 0 Å². The Bertz CT molecular complexity index is 826. The minimum atomic E-state index is -0.341. The lowest BCUT2D eigenvalue weighted by molar-refractivity contribution is 0.102. The van der Waals surface area contributed by atoms with Crippen molar-refractivity contribution in [2.75, 3.05) is 10.6 Å². The van der Waals surface area contributed by atoms with Crippen molar-refractivity contribution in [3.05, 3.63) is 58.9 Å². The number of rotatable bonds is 4. The molecule has 0 spiro atoms. The maximum atomic E-state index is 12.2. The summed E-state index contributed by atoms with van der Waals surface area (Å²) in [5.41, 5.74) is 2.41. The molecule has 3 rings (SSSR count). The number of nitrogens with zero attached hydrogens (tertiary/aromatic N) is 2. The highest BCUT2D eigenvalue weighted by atomic mass is 16.2. The van der Waals surface area contributed by atoms with Gasteiger partial charge in [0, 0.05) is 34.6 Å². The lowest BCUT2D eigenvalue weighted by atomic mass is 10.1. The molecule has 8 heteroatoms. The fourth-order valence-electron chi connectivity index (χ4n) is 2.14. The zero-order valence-electron chi connectivity index (χ0n) is 13.2. The van der Waals surface area contributed by atoms with Gasteiger partial charge in [-0.15, -0.1) is 0 Å². The second-order valence-corrected chi connectivity index (χ2v) is 5.36. The van der Waals surface area contributed by atoms with E-state index in [9.17, 15) is 9.59 Å². The summed E-state index contributed by atoms with van der Waals surface area (Å²) in [6.07, 6.45) is 0. The van der Waals surface area contributed by atoms with Gasteiger partial charge in [-0.3, -0.25) is 19.8 Å². The van der Waals surface area contributed by atoms with Crippen molar-refractivity contribution in [3.8, 4) is 0 Å². The molecule has 0 radical (unpaired) electrons. The van der Waals surface area contributed by atoms with E-state index in [1.165, 1.54) is 6.07 Å². The molecule has 122 valence electrons. The van der Waals surface area contributed by atoms with Gasteiger partial charge in [0.15, 0.2) is 11.6 Å². The number of benzene rings is 1. The standard InChI is InChI=1S/C16H16N6O2/c1-9-6-13(21-19-9)17-15(23)11-4-3-5-12(8-11)16(24)18-14-7-10(2)20-22-14/h3-8H,1-2H3,(H2,17,19,21,23)(H2,18,20,22,24). The number of aromatic nitrogens is 4. The van der Waals surface area contributed by atoms with Crippen LogP contribution >= 0.6 is 0 Å². The van der Waals surface area contributed by atoms with Crippen LogP contribution in [-0.2, 0) is 0 Å². The SMILES string of the molecule is Cc1cc(NC(=O)c2cccc(C(=O)Nc3cc(C)[nH]n3)c2)n[nH]1. The molecule has 0 atom stereocenters. The predicted molar refractivity (Wildman–Crippen MR) is 89.0 cm³/mol. The van der Waals surface area contributed by atoms with E-state index in [2.05, 4.69) is 31.0 Å². The molecule has 0 bridgehead atoms. The minimum Gasteiger partial charge on any atom is -0.305 e. The highest BCUT2D eigenvalue weighted by Gasteiger charge is 2.12. The maximum Gasteiger partial charge on any atom is 0.256 e. The lowest BCUT2D eigenvalue weighted by Gasteiger charge is -2.05. The van der Waals surface area contributed by atoms with Gasteiger partial charge in [0.05, 0.1) is 0 Å². The van der Waals surface area contributed by atoms with Crippen molar-refractivity contribution in [1.82, 2.24) is 20.4 Å².